The summed E-state index contributed by atoms with van der Waals surface area (Å²) in [6, 6.07) is 12.4. The highest BCUT2D eigenvalue weighted by Crippen LogP contribution is 2.30. The molecule has 26 heavy (non-hydrogen) atoms. The molecule has 0 aliphatic heterocycles. The van der Waals surface area contributed by atoms with Crippen molar-refractivity contribution in [2.45, 2.75) is 0 Å². The van der Waals surface area contributed by atoms with Crippen LogP contribution in [-0.2, 0) is 0 Å². The minimum Gasteiger partial charge on any atom is -0.497 e. The Kier molecular flexibility index (Phi) is 5.33. The van der Waals surface area contributed by atoms with Crippen LogP contribution in [0.5, 0.6) is 17.2 Å². The zero-order valence-corrected chi connectivity index (χ0v) is 15.3. The molecule has 0 spiro atoms. The van der Waals surface area contributed by atoms with Crippen LogP contribution in [0, 0.1) is 0 Å². The summed E-state index contributed by atoms with van der Waals surface area (Å²) in [5.41, 5.74) is 1.33. The number of carbonyl (C=O) groups excluding carboxylic acids is 1. The Morgan fingerprint density at radius 3 is 2.31 bits per heavy atom. The van der Waals surface area contributed by atoms with Gasteiger partial charge in [0.2, 0.25) is 5.13 Å². The van der Waals surface area contributed by atoms with Crippen LogP contribution < -0.4 is 19.5 Å². The molecule has 7 nitrogen and oxygen atoms in total. The van der Waals surface area contributed by atoms with Crippen LogP contribution in [0.25, 0.3) is 10.6 Å². The second-order valence-electron chi connectivity index (χ2n) is 5.16. The molecule has 0 radical (unpaired) electrons. The Bertz CT molecular complexity index is 909. The van der Waals surface area contributed by atoms with Crippen molar-refractivity contribution in [3.63, 3.8) is 0 Å². The lowest BCUT2D eigenvalue weighted by atomic mass is 10.2. The Morgan fingerprint density at radius 2 is 1.65 bits per heavy atom. The van der Waals surface area contributed by atoms with Crippen molar-refractivity contribution in [2.24, 2.45) is 0 Å². The number of nitrogens with one attached hydrogen (secondary N) is 1. The molecule has 1 amide bonds. The van der Waals surface area contributed by atoms with Gasteiger partial charge in [0.1, 0.15) is 10.8 Å². The average molecular weight is 371 g/mol. The summed E-state index contributed by atoms with van der Waals surface area (Å²) in [5, 5.41) is 12.0. The maximum Gasteiger partial charge on any atom is 0.257 e. The largest absolute Gasteiger partial charge is 0.497 e. The molecular weight excluding hydrogens is 354 g/mol. The number of benzene rings is 2. The van der Waals surface area contributed by atoms with Gasteiger partial charge in [0.05, 0.1) is 21.3 Å². The Hall–Kier alpha value is -3.13. The molecule has 0 saturated carbocycles. The van der Waals surface area contributed by atoms with Gasteiger partial charge in [0.25, 0.3) is 5.91 Å². The third-order valence-electron chi connectivity index (χ3n) is 3.63. The van der Waals surface area contributed by atoms with E-state index < -0.39 is 0 Å². The Balaban J connectivity index is 1.75. The fourth-order valence-corrected chi connectivity index (χ4v) is 3.01. The van der Waals surface area contributed by atoms with Gasteiger partial charge >= 0.3 is 0 Å². The first-order chi connectivity index (χ1) is 12.6. The van der Waals surface area contributed by atoms with E-state index in [0.29, 0.717) is 27.2 Å². The van der Waals surface area contributed by atoms with Crippen molar-refractivity contribution < 1.29 is 19.0 Å². The highest BCUT2D eigenvalue weighted by Gasteiger charge is 2.14. The Labute approximate surface area is 154 Å². The number of rotatable bonds is 6. The van der Waals surface area contributed by atoms with Crippen molar-refractivity contribution in [1.29, 1.82) is 0 Å². The topological polar surface area (TPSA) is 82.6 Å². The van der Waals surface area contributed by atoms with Gasteiger partial charge in [-0.05, 0) is 42.5 Å². The number of amides is 1. The molecule has 1 N–H and O–H groups in total. The molecule has 1 aromatic heterocycles. The smallest absolute Gasteiger partial charge is 0.257 e. The molecule has 1 heterocycles. The third kappa shape index (κ3) is 3.75. The standard InChI is InChI=1S/C18H17N3O4S/c1-23-13-7-4-11(5-8-13)17-20-21-18(26-17)19-16(22)12-6-9-14(24-2)15(10-12)25-3/h4-10H,1-3H3,(H,19,21,22). The fourth-order valence-electron chi connectivity index (χ4n) is 2.27. The lowest BCUT2D eigenvalue weighted by Gasteiger charge is -2.08. The van der Waals surface area contributed by atoms with Crippen LogP contribution in [0.15, 0.2) is 42.5 Å². The van der Waals surface area contributed by atoms with Crippen LogP contribution in [0.4, 0.5) is 5.13 Å². The first kappa shape index (κ1) is 17.7. The number of methoxy groups -OCH3 is 3. The zero-order chi connectivity index (χ0) is 18.5. The summed E-state index contributed by atoms with van der Waals surface area (Å²) in [6.07, 6.45) is 0. The van der Waals surface area contributed by atoms with Gasteiger partial charge in [-0.25, -0.2) is 0 Å². The highest BCUT2D eigenvalue weighted by molar-refractivity contribution is 7.18. The van der Waals surface area contributed by atoms with Gasteiger partial charge in [-0.2, -0.15) is 0 Å². The number of hydrogen-bond acceptors (Lipinski definition) is 7. The van der Waals surface area contributed by atoms with Crippen molar-refractivity contribution in [3.8, 4) is 27.8 Å². The van der Waals surface area contributed by atoms with E-state index in [-0.39, 0.29) is 5.91 Å². The molecule has 3 rings (SSSR count). The van der Waals surface area contributed by atoms with Gasteiger partial charge in [0.15, 0.2) is 11.5 Å². The van der Waals surface area contributed by atoms with E-state index in [4.69, 9.17) is 14.2 Å². The van der Waals surface area contributed by atoms with E-state index in [2.05, 4.69) is 15.5 Å². The number of ether oxygens (including phenoxy) is 3. The lowest BCUT2D eigenvalue weighted by Crippen LogP contribution is -2.11. The van der Waals surface area contributed by atoms with Crippen LogP contribution in [0.2, 0.25) is 0 Å². The summed E-state index contributed by atoms with van der Waals surface area (Å²) in [5.74, 6) is 1.50. The third-order valence-corrected chi connectivity index (χ3v) is 4.52. The van der Waals surface area contributed by atoms with Gasteiger partial charge < -0.3 is 14.2 Å². The number of anilines is 1. The molecule has 0 aliphatic carbocycles. The first-order valence-corrected chi connectivity index (χ1v) is 8.47. The molecule has 0 aliphatic rings. The minimum absolute atomic E-state index is 0.302. The SMILES string of the molecule is COc1ccc(-c2nnc(NC(=O)c3ccc(OC)c(OC)c3)s2)cc1. The van der Waals surface area contributed by atoms with Gasteiger partial charge in [-0.3, -0.25) is 10.1 Å². The van der Waals surface area contributed by atoms with Crippen molar-refractivity contribution in [2.75, 3.05) is 26.6 Å². The molecule has 8 heteroatoms. The molecule has 0 atom stereocenters. The summed E-state index contributed by atoms with van der Waals surface area (Å²) in [7, 11) is 4.67. The first-order valence-electron chi connectivity index (χ1n) is 7.66. The zero-order valence-electron chi connectivity index (χ0n) is 14.5. The molecule has 2 aromatic carbocycles. The number of carbonyl (C=O) groups is 1. The van der Waals surface area contributed by atoms with Gasteiger partial charge in [-0.1, -0.05) is 11.3 Å². The highest BCUT2D eigenvalue weighted by atomic mass is 32.1. The second kappa shape index (κ2) is 7.83. The number of hydrogen-bond donors (Lipinski definition) is 1. The minimum atomic E-state index is -0.302. The molecule has 0 unspecified atom stereocenters. The van der Waals surface area contributed by atoms with Crippen molar-refractivity contribution in [3.05, 3.63) is 48.0 Å². The van der Waals surface area contributed by atoms with E-state index in [1.165, 1.54) is 18.4 Å². The maximum atomic E-state index is 12.4. The average Bonchev–Trinajstić information content (AvgIpc) is 3.15. The number of nitrogens with zero attached hydrogens (tertiary/aromatic N) is 2. The molecule has 0 bridgehead atoms. The predicted molar refractivity (Wildman–Crippen MR) is 99.4 cm³/mol. The van der Waals surface area contributed by atoms with E-state index in [1.807, 2.05) is 24.3 Å². The second-order valence-corrected chi connectivity index (χ2v) is 6.14. The lowest BCUT2D eigenvalue weighted by molar-refractivity contribution is 0.102. The van der Waals surface area contributed by atoms with Crippen LogP contribution >= 0.6 is 11.3 Å². The van der Waals surface area contributed by atoms with Crippen LogP contribution in [-0.4, -0.2) is 37.4 Å². The summed E-state index contributed by atoms with van der Waals surface area (Å²) < 4.78 is 15.5. The van der Waals surface area contributed by atoms with Gasteiger partial charge in [0, 0.05) is 11.1 Å². The molecule has 0 saturated heterocycles. The predicted octanol–water partition coefficient (Wildman–Crippen LogP) is 3.48. The van der Waals surface area contributed by atoms with E-state index in [1.54, 1.807) is 32.4 Å². The summed E-state index contributed by atoms with van der Waals surface area (Å²) in [6.45, 7) is 0. The van der Waals surface area contributed by atoms with Gasteiger partial charge in [-0.15, -0.1) is 10.2 Å². The molecular formula is C18H17N3O4S. The monoisotopic (exact) mass is 371 g/mol. The van der Waals surface area contributed by atoms with Crippen molar-refractivity contribution >= 4 is 22.4 Å². The fraction of sp³-hybridized carbons (Fsp3) is 0.167. The summed E-state index contributed by atoms with van der Waals surface area (Å²) >= 11 is 1.29. The Morgan fingerprint density at radius 1 is 0.923 bits per heavy atom. The van der Waals surface area contributed by atoms with E-state index in [0.717, 1.165) is 11.3 Å². The number of aromatic nitrogens is 2. The van der Waals surface area contributed by atoms with Crippen molar-refractivity contribution in [1.82, 2.24) is 10.2 Å². The molecule has 134 valence electrons. The van der Waals surface area contributed by atoms with Crippen LogP contribution in [0.1, 0.15) is 10.4 Å². The molecule has 0 fully saturated rings. The van der Waals surface area contributed by atoms with E-state index >= 15 is 0 Å². The maximum absolute atomic E-state index is 12.4. The quantitative estimate of drug-likeness (QED) is 0.714. The van der Waals surface area contributed by atoms with E-state index in [9.17, 15) is 4.79 Å². The molecule has 3 aromatic rings. The normalized spacial score (nSPS) is 10.3. The summed E-state index contributed by atoms with van der Waals surface area (Å²) in [4.78, 5) is 12.4. The van der Waals surface area contributed by atoms with Crippen LogP contribution in [0.3, 0.4) is 0 Å².